The maximum Gasteiger partial charge on any atom is 0.304 e. The van der Waals surface area contributed by atoms with E-state index in [1.165, 1.54) is 14.2 Å². The van der Waals surface area contributed by atoms with E-state index in [0.29, 0.717) is 50.5 Å². The second kappa shape index (κ2) is 10.8. The minimum Gasteiger partial charge on any atom is -0.494 e. The van der Waals surface area contributed by atoms with Crippen LogP contribution in [0, 0.1) is 12.8 Å². The average molecular weight is 460 g/mol. The van der Waals surface area contributed by atoms with Crippen LogP contribution in [0.5, 0.6) is 5.75 Å². The van der Waals surface area contributed by atoms with Gasteiger partial charge in [-0.15, -0.1) is 0 Å². The number of hydrogen-bond donors (Lipinski definition) is 1. The molecule has 32 heavy (non-hydrogen) atoms. The second-order valence-electron chi connectivity index (χ2n) is 8.00. The molecule has 1 saturated heterocycles. The highest BCUT2D eigenvalue weighted by molar-refractivity contribution is 7.90. The van der Waals surface area contributed by atoms with Gasteiger partial charge in [0.2, 0.25) is 5.91 Å². The van der Waals surface area contributed by atoms with E-state index in [-0.39, 0.29) is 18.4 Å². The van der Waals surface area contributed by atoms with E-state index in [2.05, 4.69) is 5.32 Å². The highest BCUT2D eigenvalue weighted by Crippen LogP contribution is 2.27. The fourth-order valence-electron chi connectivity index (χ4n) is 3.90. The Bertz CT molecular complexity index is 991. The number of carbonyl (C=O) groups is 1. The zero-order chi connectivity index (χ0) is 23.1. The summed E-state index contributed by atoms with van der Waals surface area (Å²) in [6, 6.07) is 15.0. The van der Waals surface area contributed by atoms with Crippen molar-refractivity contribution in [2.75, 3.05) is 30.5 Å². The van der Waals surface area contributed by atoms with E-state index < -0.39 is 10.2 Å². The van der Waals surface area contributed by atoms with Gasteiger partial charge in [-0.2, -0.15) is 12.7 Å². The standard InChI is InChI=1S/C24H33N3O4S/c1-4-27(22-12-14-23(15-13-22)31-5-2)32(29,30)26-16-6-7-21(18-26)24(28)25-17-20-10-8-19(3)9-11-20/h8-15,21H,4-7,16-18H2,1-3H3,(H,25,28)/t21-/m1/s1. The maximum atomic E-state index is 13.4. The van der Waals surface area contributed by atoms with Crippen LogP contribution in [-0.2, 0) is 21.5 Å². The predicted octanol–water partition coefficient (Wildman–Crippen LogP) is 3.49. The van der Waals surface area contributed by atoms with Crippen molar-refractivity contribution in [3.8, 4) is 5.75 Å². The molecule has 8 heteroatoms. The quantitative estimate of drug-likeness (QED) is 0.623. The molecule has 0 unspecified atom stereocenters. The predicted molar refractivity (Wildman–Crippen MR) is 127 cm³/mol. The van der Waals surface area contributed by atoms with Crippen LogP contribution in [0.4, 0.5) is 5.69 Å². The molecule has 0 bridgehead atoms. The lowest BCUT2D eigenvalue weighted by molar-refractivity contribution is -0.126. The molecule has 1 heterocycles. The lowest BCUT2D eigenvalue weighted by atomic mass is 9.98. The summed E-state index contributed by atoms with van der Waals surface area (Å²) in [5.74, 6) is 0.241. The van der Waals surface area contributed by atoms with Crippen LogP contribution in [0.1, 0.15) is 37.8 Å². The normalized spacial score (nSPS) is 17.0. The molecule has 1 fully saturated rings. The number of amides is 1. The van der Waals surface area contributed by atoms with Crippen molar-refractivity contribution in [1.82, 2.24) is 9.62 Å². The van der Waals surface area contributed by atoms with Gasteiger partial charge < -0.3 is 10.1 Å². The van der Waals surface area contributed by atoms with E-state index in [0.717, 1.165) is 5.56 Å². The molecule has 7 nitrogen and oxygen atoms in total. The Labute approximate surface area is 191 Å². The molecular formula is C24H33N3O4S. The molecule has 0 aromatic heterocycles. The first-order valence-electron chi connectivity index (χ1n) is 11.2. The van der Waals surface area contributed by atoms with E-state index >= 15 is 0 Å². The van der Waals surface area contributed by atoms with Gasteiger partial charge in [-0.1, -0.05) is 29.8 Å². The molecule has 2 aromatic rings. The summed E-state index contributed by atoms with van der Waals surface area (Å²) in [6.45, 7) is 7.63. The van der Waals surface area contributed by atoms with Gasteiger partial charge in [0.25, 0.3) is 0 Å². The van der Waals surface area contributed by atoms with E-state index in [4.69, 9.17) is 4.74 Å². The van der Waals surface area contributed by atoms with Gasteiger partial charge in [0, 0.05) is 26.2 Å². The summed E-state index contributed by atoms with van der Waals surface area (Å²) in [4.78, 5) is 12.8. The third kappa shape index (κ3) is 5.81. The Hall–Kier alpha value is -2.58. The van der Waals surface area contributed by atoms with Gasteiger partial charge in [-0.25, -0.2) is 0 Å². The average Bonchev–Trinajstić information content (AvgIpc) is 2.80. The van der Waals surface area contributed by atoms with Gasteiger partial charge >= 0.3 is 10.2 Å². The molecular weight excluding hydrogens is 426 g/mol. The number of piperidine rings is 1. The first-order valence-corrected chi connectivity index (χ1v) is 12.6. The Morgan fingerprint density at radius 2 is 1.81 bits per heavy atom. The number of nitrogens with zero attached hydrogens (tertiary/aromatic N) is 2. The minimum absolute atomic E-state index is 0.102. The number of ether oxygens (including phenoxy) is 1. The summed E-state index contributed by atoms with van der Waals surface area (Å²) in [7, 11) is -3.74. The molecule has 0 saturated carbocycles. The minimum atomic E-state index is -3.74. The van der Waals surface area contributed by atoms with Crippen LogP contribution < -0.4 is 14.4 Å². The summed E-state index contributed by atoms with van der Waals surface area (Å²) in [5.41, 5.74) is 2.78. The molecule has 1 aliphatic heterocycles. The van der Waals surface area contributed by atoms with Crippen molar-refractivity contribution in [1.29, 1.82) is 0 Å². The summed E-state index contributed by atoms with van der Waals surface area (Å²) in [6.07, 6.45) is 1.34. The number of nitrogens with one attached hydrogen (secondary N) is 1. The largest absolute Gasteiger partial charge is 0.494 e. The van der Waals surface area contributed by atoms with Crippen molar-refractivity contribution >= 4 is 21.8 Å². The molecule has 1 N–H and O–H groups in total. The van der Waals surface area contributed by atoms with E-state index in [1.54, 1.807) is 24.3 Å². The topological polar surface area (TPSA) is 79.0 Å². The maximum absolute atomic E-state index is 13.4. The van der Waals surface area contributed by atoms with E-state index in [9.17, 15) is 13.2 Å². The number of aryl methyl sites for hydroxylation is 1. The molecule has 0 aliphatic carbocycles. The highest BCUT2D eigenvalue weighted by atomic mass is 32.2. The molecule has 1 aliphatic rings. The Balaban J connectivity index is 1.66. The number of rotatable bonds is 9. The molecule has 1 amide bonds. The molecule has 2 aromatic carbocycles. The highest BCUT2D eigenvalue weighted by Gasteiger charge is 2.35. The Morgan fingerprint density at radius 3 is 2.44 bits per heavy atom. The van der Waals surface area contributed by atoms with Crippen LogP contribution in [0.25, 0.3) is 0 Å². The van der Waals surface area contributed by atoms with Gasteiger partial charge in [0.15, 0.2) is 0 Å². The first-order chi connectivity index (χ1) is 15.3. The van der Waals surface area contributed by atoms with Crippen LogP contribution in [0.15, 0.2) is 48.5 Å². The second-order valence-corrected chi connectivity index (χ2v) is 9.85. The summed E-state index contributed by atoms with van der Waals surface area (Å²) >= 11 is 0. The SMILES string of the molecule is CCOc1ccc(N(CC)S(=O)(=O)N2CCC[C@@H](C(=O)NCc3ccc(C)cc3)C2)cc1. The van der Waals surface area contributed by atoms with Gasteiger partial charge in [-0.3, -0.25) is 9.10 Å². The van der Waals surface area contributed by atoms with Crippen molar-refractivity contribution in [3.63, 3.8) is 0 Å². The summed E-state index contributed by atoms with van der Waals surface area (Å²) < 4.78 is 35.1. The third-order valence-corrected chi connectivity index (χ3v) is 7.68. The fourth-order valence-corrected chi connectivity index (χ4v) is 5.62. The van der Waals surface area contributed by atoms with Crippen LogP contribution in [0.2, 0.25) is 0 Å². The van der Waals surface area contributed by atoms with Crippen molar-refractivity contribution in [2.24, 2.45) is 5.92 Å². The fraction of sp³-hybridized carbons (Fsp3) is 0.458. The lowest BCUT2D eigenvalue weighted by Crippen LogP contribution is -2.50. The van der Waals surface area contributed by atoms with Crippen molar-refractivity contribution in [2.45, 2.75) is 40.2 Å². The molecule has 0 radical (unpaired) electrons. The number of hydrogen-bond acceptors (Lipinski definition) is 4. The first kappa shape index (κ1) is 24.1. The van der Waals surface area contributed by atoms with Crippen molar-refractivity contribution < 1.29 is 17.9 Å². The third-order valence-electron chi connectivity index (χ3n) is 5.67. The smallest absolute Gasteiger partial charge is 0.304 e. The van der Waals surface area contributed by atoms with Crippen LogP contribution >= 0.6 is 0 Å². The number of anilines is 1. The van der Waals surface area contributed by atoms with E-state index in [1.807, 2.05) is 45.0 Å². The number of benzene rings is 2. The van der Waals surface area contributed by atoms with Crippen LogP contribution in [-0.4, -0.2) is 44.9 Å². The van der Waals surface area contributed by atoms with Gasteiger partial charge in [0.05, 0.1) is 18.2 Å². The van der Waals surface area contributed by atoms with Crippen molar-refractivity contribution in [3.05, 3.63) is 59.7 Å². The van der Waals surface area contributed by atoms with Gasteiger partial charge in [0.1, 0.15) is 5.75 Å². The number of carbonyl (C=O) groups excluding carboxylic acids is 1. The zero-order valence-corrected chi connectivity index (χ0v) is 19.9. The van der Waals surface area contributed by atoms with Gasteiger partial charge in [-0.05, 0) is 63.4 Å². The Morgan fingerprint density at radius 1 is 1.12 bits per heavy atom. The lowest BCUT2D eigenvalue weighted by Gasteiger charge is -2.35. The molecule has 1 atom stereocenters. The molecule has 174 valence electrons. The molecule has 0 spiro atoms. The Kier molecular flexibility index (Phi) is 8.15. The van der Waals surface area contributed by atoms with Crippen LogP contribution in [0.3, 0.4) is 0 Å². The summed E-state index contributed by atoms with van der Waals surface area (Å²) in [5, 5.41) is 2.97. The molecule has 3 rings (SSSR count). The monoisotopic (exact) mass is 459 g/mol. The zero-order valence-electron chi connectivity index (χ0n) is 19.1.